The number of morpholine rings is 1. The molecule has 3 unspecified atom stereocenters. The van der Waals surface area contributed by atoms with Gasteiger partial charge in [-0.3, -0.25) is 4.90 Å². The summed E-state index contributed by atoms with van der Waals surface area (Å²) < 4.78 is 7.08. The Morgan fingerprint density at radius 3 is 2.63 bits per heavy atom. The molecule has 3 nitrogen and oxygen atoms in total. The molecule has 0 spiro atoms. The van der Waals surface area contributed by atoms with Crippen LogP contribution in [0.2, 0.25) is 0 Å². The number of benzene rings is 1. The molecule has 0 amide bonds. The average molecular weight is 325 g/mol. The first-order chi connectivity index (χ1) is 9.17. The standard InChI is InChI=1S/C15H21BrN2O/c1-10-2-5-13(14(16)6-10)15(7-17)18-8-11-3-4-12(9-18)19-11/h2,5-6,11-12,15H,3-4,7-9,17H2,1H3. The molecule has 2 heterocycles. The van der Waals surface area contributed by atoms with Gasteiger partial charge in [0, 0.05) is 30.1 Å². The molecule has 2 aliphatic heterocycles. The van der Waals surface area contributed by atoms with E-state index >= 15 is 0 Å². The Hall–Kier alpha value is -0.420. The number of halogens is 1. The molecule has 2 saturated heterocycles. The Bertz CT molecular complexity index is 453. The number of fused-ring (bicyclic) bond motifs is 2. The van der Waals surface area contributed by atoms with Crippen LogP contribution >= 0.6 is 15.9 Å². The molecule has 4 heteroatoms. The zero-order valence-corrected chi connectivity index (χ0v) is 12.9. The van der Waals surface area contributed by atoms with E-state index in [9.17, 15) is 0 Å². The van der Waals surface area contributed by atoms with Crippen molar-refractivity contribution in [3.8, 4) is 0 Å². The van der Waals surface area contributed by atoms with E-state index in [0.717, 1.165) is 13.1 Å². The molecule has 2 fully saturated rings. The summed E-state index contributed by atoms with van der Waals surface area (Å²) in [5, 5.41) is 0. The molecule has 0 radical (unpaired) electrons. The lowest BCUT2D eigenvalue weighted by Crippen LogP contribution is -2.46. The summed E-state index contributed by atoms with van der Waals surface area (Å²) in [6.45, 7) is 4.79. The lowest BCUT2D eigenvalue weighted by Gasteiger charge is -2.38. The summed E-state index contributed by atoms with van der Waals surface area (Å²) in [6.07, 6.45) is 3.23. The van der Waals surface area contributed by atoms with E-state index in [0.29, 0.717) is 24.8 Å². The molecule has 104 valence electrons. The third kappa shape index (κ3) is 2.72. The molecule has 0 aliphatic carbocycles. The Morgan fingerprint density at radius 2 is 2.05 bits per heavy atom. The van der Waals surface area contributed by atoms with Crippen molar-refractivity contribution in [1.82, 2.24) is 4.90 Å². The van der Waals surface area contributed by atoms with Crippen molar-refractivity contribution >= 4 is 15.9 Å². The molecule has 0 saturated carbocycles. The predicted octanol–water partition coefficient (Wildman–Crippen LogP) is 2.62. The highest BCUT2D eigenvalue weighted by Gasteiger charge is 2.36. The normalized spacial score (nSPS) is 28.6. The molecule has 3 rings (SSSR count). The average Bonchev–Trinajstić information content (AvgIpc) is 2.72. The van der Waals surface area contributed by atoms with Gasteiger partial charge in [0.05, 0.1) is 12.2 Å². The first-order valence-electron chi connectivity index (χ1n) is 7.03. The van der Waals surface area contributed by atoms with Crippen molar-refractivity contribution in [1.29, 1.82) is 0 Å². The molecule has 3 atom stereocenters. The summed E-state index contributed by atoms with van der Waals surface area (Å²) in [6, 6.07) is 6.83. The van der Waals surface area contributed by atoms with Crippen molar-refractivity contribution in [2.24, 2.45) is 5.73 Å². The van der Waals surface area contributed by atoms with Crippen molar-refractivity contribution in [2.75, 3.05) is 19.6 Å². The highest BCUT2D eigenvalue weighted by Crippen LogP contribution is 2.34. The van der Waals surface area contributed by atoms with Crippen LogP contribution in [0.25, 0.3) is 0 Å². The number of nitrogens with zero attached hydrogens (tertiary/aromatic N) is 1. The second kappa shape index (κ2) is 5.52. The van der Waals surface area contributed by atoms with Gasteiger partial charge in [-0.1, -0.05) is 28.1 Å². The molecule has 2 bridgehead atoms. The minimum absolute atomic E-state index is 0.293. The molecule has 2 N–H and O–H groups in total. The molecule has 2 aliphatic rings. The summed E-state index contributed by atoms with van der Waals surface area (Å²) in [5.74, 6) is 0. The van der Waals surface area contributed by atoms with Crippen LogP contribution in [-0.4, -0.2) is 36.7 Å². The third-order valence-corrected chi connectivity index (χ3v) is 4.94. The van der Waals surface area contributed by atoms with Crippen LogP contribution in [-0.2, 0) is 4.74 Å². The van der Waals surface area contributed by atoms with Gasteiger partial charge in [-0.15, -0.1) is 0 Å². The zero-order valence-electron chi connectivity index (χ0n) is 11.3. The SMILES string of the molecule is Cc1ccc(C(CN)N2CC3CCC(C2)O3)c(Br)c1. The Kier molecular flexibility index (Phi) is 3.94. The number of hydrogen-bond acceptors (Lipinski definition) is 3. The minimum Gasteiger partial charge on any atom is -0.372 e. The van der Waals surface area contributed by atoms with E-state index in [1.807, 2.05) is 0 Å². The zero-order chi connectivity index (χ0) is 13.4. The fraction of sp³-hybridized carbons (Fsp3) is 0.600. The van der Waals surface area contributed by atoms with Crippen molar-refractivity contribution in [3.05, 3.63) is 33.8 Å². The number of rotatable bonds is 3. The van der Waals surface area contributed by atoms with Gasteiger partial charge in [-0.2, -0.15) is 0 Å². The molecule has 1 aromatic carbocycles. The van der Waals surface area contributed by atoms with Crippen LogP contribution in [0.3, 0.4) is 0 Å². The van der Waals surface area contributed by atoms with E-state index in [-0.39, 0.29) is 0 Å². The van der Waals surface area contributed by atoms with Crippen LogP contribution < -0.4 is 5.73 Å². The van der Waals surface area contributed by atoms with Gasteiger partial charge in [0.2, 0.25) is 0 Å². The fourth-order valence-electron chi connectivity index (χ4n) is 3.28. The van der Waals surface area contributed by atoms with Crippen molar-refractivity contribution in [2.45, 2.75) is 38.0 Å². The first-order valence-corrected chi connectivity index (χ1v) is 7.82. The number of aryl methyl sites for hydroxylation is 1. The van der Waals surface area contributed by atoms with Crippen molar-refractivity contribution in [3.63, 3.8) is 0 Å². The maximum Gasteiger partial charge on any atom is 0.0707 e. The van der Waals surface area contributed by atoms with E-state index in [2.05, 4.69) is 46.0 Å². The molecule has 0 aromatic heterocycles. The van der Waals surface area contributed by atoms with Crippen molar-refractivity contribution < 1.29 is 4.74 Å². The van der Waals surface area contributed by atoms with Gasteiger partial charge in [0.1, 0.15) is 0 Å². The molecular formula is C15H21BrN2O. The highest BCUT2D eigenvalue weighted by atomic mass is 79.9. The largest absolute Gasteiger partial charge is 0.372 e. The maximum absolute atomic E-state index is 6.05. The minimum atomic E-state index is 0.293. The van der Waals surface area contributed by atoms with Gasteiger partial charge in [0.15, 0.2) is 0 Å². The quantitative estimate of drug-likeness (QED) is 0.928. The number of hydrogen-bond donors (Lipinski definition) is 1. The monoisotopic (exact) mass is 324 g/mol. The Morgan fingerprint density at radius 1 is 1.37 bits per heavy atom. The van der Waals surface area contributed by atoms with E-state index < -0.39 is 0 Å². The van der Waals surface area contributed by atoms with Crippen LogP contribution in [0, 0.1) is 6.92 Å². The van der Waals surface area contributed by atoms with Crippen LogP contribution in [0.1, 0.15) is 30.0 Å². The second-order valence-electron chi connectivity index (χ2n) is 5.69. The first kappa shape index (κ1) is 13.6. The summed E-state index contributed by atoms with van der Waals surface area (Å²) in [5.41, 5.74) is 8.62. The highest BCUT2D eigenvalue weighted by molar-refractivity contribution is 9.10. The predicted molar refractivity (Wildman–Crippen MR) is 80.1 cm³/mol. The van der Waals surface area contributed by atoms with Crippen LogP contribution in [0.4, 0.5) is 0 Å². The van der Waals surface area contributed by atoms with Gasteiger partial charge >= 0.3 is 0 Å². The second-order valence-corrected chi connectivity index (χ2v) is 6.54. The third-order valence-electron chi connectivity index (χ3n) is 4.25. The Labute approximate surface area is 123 Å². The fourth-order valence-corrected chi connectivity index (χ4v) is 4.03. The summed E-state index contributed by atoms with van der Waals surface area (Å²) in [4.78, 5) is 2.50. The van der Waals surface area contributed by atoms with E-state index in [4.69, 9.17) is 10.5 Å². The number of nitrogens with two attached hydrogens (primary N) is 1. The smallest absolute Gasteiger partial charge is 0.0707 e. The van der Waals surface area contributed by atoms with Crippen LogP contribution in [0.5, 0.6) is 0 Å². The van der Waals surface area contributed by atoms with Gasteiger partial charge < -0.3 is 10.5 Å². The maximum atomic E-state index is 6.05. The summed E-state index contributed by atoms with van der Waals surface area (Å²) >= 11 is 3.69. The van der Waals surface area contributed by atoms with Gasteiger partial charge in [-0.05, 0) is 37.0 Å². The van der Waals surface area contributed by atoms with Crippen LogP contribution in [0.15, 0.2) is 22.7 Å². The summed E-state index contributed by atoms with van der Waals surface area (Å²) in [7, 11) is 0. The lowest BCUT2D eigenvalue weighted by molar-refractivity contribution is -0.0521. The Balaban J connectivity index is 1.83. The number of likely N-dealkylation sites (tertiary alicyclic amines) is 1. The topological polar surface area (TPSA) is 38.5 Å². The van der Waals surface area contributed by atoms with Gasteiger partial charge in [0.25, 0.3) is 0 Å². The molecular weight excluding hydrogens is 304 g/mol. The number of ether oxygens (including phenoxy) is 1. The lowest BCUT2D eigenvalue weighted by atomic mass is 10.0. The van der Waals surface area contributed by atoms with Gasteiger partial charge in [-0.25, -0.2) is 0 Å². The molecule has 1 aromatic rings. The molecule has 19 heavy (non-hydrogen) atoms. The van der Waals surface area contributed by atoms with E-state index in [1.165, 1.54) is 28.4 Å². The van der Waals surface area contributed by atoms with E-state index in [1.54, 1.807) is 0 Å².